The second-order valence-corrected chi connectivity index (χ2v) is 6.87. The fourth-order valence-electron chi connectivity index (χ4n) is 3.83. The molecule has 5 nitrogen and oxygen atoms in total. The SMILES string of the molecule is CC(=O)Nc1ccc(F)c(C(=O)N2CCNC3(CCCCC3)C2)c1. The van der Waals surface area contributed by atoms with Crippen LogP contribution in [-0.2, 0) is 4.79 Å². The summed E-state index contributed by atoms with van der Waals surface area (Å²) in [5.74, 6) is -1.10. The number of hydrogen-bond acceptors (Lipinski definition) is 3. The summed E-state index contributed by atoms with van der Waals surface area (Å²) in [5.41, 5.74) is 0.446. The van der Waals surface area contributed by atoms with E-state index in [0.29, 0.717) is 18.8 Å². The number of benzene rings is 1. The van der Waals surface area contributed by atoms with Crippen LogP contribution in [0.15, 0.2) is 18.2 Å². The van der Waals surface area contributed by atoms with Crippen molar-refractivity contribution in [1.82, 2.24) is 10.2 Å². The predicted molar refractivity (Wildman–Crippen MR) is 90.4 cm³/mol. The Morgan fingerprint density at radius 2 is 2.00 bits per heavy atom. The van der Waals surface area contributed by atoms with E-state index in [2.05, 4.69) is 10.6 Å². The molecule has 0 radical (unpaired) electrons. The van der Waals surface area contributed by atoms with Crippen LogP contribution in [-0.4, -0.2) is 41.9 Å². The summed E-state index contributed by atoms with van der Waals surface area (Å²) in [7, 11) is 0. The molecule has 1 aliphatic carbocycles. The molecular formula is C18H24FN3O2. The maximum atomic E-state index is 14.2. The average molecular weight is 333 g/mol. The molecule has 0 bridgehead atoms. The van der Waals surface area contributed by atoms with Gasteiger partial charge in [0.05, 0.1) is 5.56 Å². The van der Waals surface area contributed by atoms with Gasteiger partial charge in [-0.25, -0.2) is 4.39 Å². The molecule has 1 heterocycles. The lowest BCUT2D eigenvalue weighted by Gasteiger charge is -2.46. The van der Waals surface area contributed by atoms with E-state index in [1.165, 1.54) is 44.4 Å². The molecule has 24 heavy (non-hydrogen) atoms. The first-order valence-electron chi connectivity index (χ1n) is 8.61. The molecular weight excluding hydrogens is 309 g/mol. The zero-order valence-electron chi connectivity index (χ0n) is 14.0. The molecule has 0 atom stereocenters. The smallest absolute Gasteiger partial charge is 0.257 e. The van der Waals surface area contributed by atoms with Gasteiger partial charge in [0, 0.05) is 37.8 Å². The molecule has 2 fully saturated rings. The number of carbonyl (C=O) groups is 2. The van der Waals surface area contributed by atoms with Crippen molar-refractivity contribution < 1.29 is 14.0 Å². The maximum absolute atomic E-state index is 14.2. The van der Waals surface area contributed by atoms with Crippen LogP contribution in [0.5, 0.6) is 0 Å². The topological polar surface area (TPSA) is 61.4 Å². The van der Waals surface area contributed by atoms with E-state index >= 15 is 0 Å². The van der Waals surface area contributed by atoms with Crippen LogP contribution < -0.4 is 10.6 Å². The van der Waals surface area contributed by atoms with E-state index in [4.69, 9.17) is 0 Å². The Labute approximate surface area is 141 Å². The van der Waals surface area contributed by atoms with Gasteiger partial charge in [-0.1, -0.05) is 19.3 Å². The van der Waals surface area contributed by atoms with Crippen LogP contribution in [0.2, 0.25) is 0 Å². The molecule has 1 saturated heterocycles. The third-order valence-electron chi connectivity index (χ3n) is 4.99. The number of amides is 2. The summed E-state index contributed by atoms with van der Waals surface area (Å²) in [6, 6.07) is 4.12. The first-order chi connectivity index (χ1) is 11.5. The summed E-state index contributed by atoms with van der Waals surface area (Å²) < 4.78 is 14.2. The number of nitrogens with one attached hydrogen (secondary N) is 2. The van der Waals surface area contributed by atoms with E-state index in [9.17, 15) is 14.0 Å². The van der Waals surface area contributed by atoms with Gasteiger partial charge >= 0.3 is 0 Å². The molecule has 1 aromatic carbocycles. The highest BCUT2D eigenvalue weighted by Crippen LogP contribution is 2.31. The van der Waals surface area contributed by atoms with Gasteiger partial charge in [-0.05, 0) is 31.0 Å². The van der Waals surface area contributed by atoms with Crippen LogP contribution in [0, 0.1) is 5.82 Å². The molecule has 1 aromatic rings. The third kappa shape index (κ3) is 3.59. The first-order valence-corrected chi connectivity index (χ1v) is 8.61. The van der Waals surface area contributed by atoms with E-state index in [-0.39, 0.29) is 22.9 Å². The van der Waals surface area contributed by atoms with Crippen molar-refractivity contribution in [2.24, 2.45) is 0 Å². The molecule has 3 rings (SSSR count). The Kier molecular flexibility index (Phi) is 4.85. The Morgan fingerprint density at radius 3 is 2.71 bits per heavy atom. The molecule has 1 spiro atoms. The standard InChI is InChI=1S/C18H24FN3O2/c1-13(23)21-14-5-6-16(19)15(11-14)17(24)22-10-9-20-18(12-22)7-3-2-4-8-18/h5-6,11,20H,2-4,7-10,12H2,1H3,(H,21,23). The summed E-state index contributed by atoms with van der Waals surface area (Å²) in [5, 5.41) is 6.18. The fraction of sp³-hybridized carbons (Fsp3) is 0.556. The van der Waals surface area contributed by atoms with Gasteiger partial charge in [-0.3, -0.25) is 9.59 Å². The third-order valence-corrected chi connectivity index (χ3v) is 4.99. The largest absolute Gasteiger partial charge is 0.335 e. The zero-order chi connectivity index (χ0) is 17.2. The zero-order valence-corrected chi connectivity index (χ0v) is 14.0. The Bertz CT molecular complexity index is 636. The second kappa shape index (κ2) is 6.89. The van der Waals surface area contributed by atoms with Gasteiger partial charge < -0.3 is 15.5 Å². The Balaban J connectivity index is 1.79. The quantitative estimate of drug-likeness (QED) is 0.874. The van der Waals surface area contributed by atoms with E-state index in [0.717, 1.165) is 19.4 Å². The number of anilines is 1. The molecule has 130 valence electrons. The minimum Gasteiger partial charge on any atom is -0.335 e. The molecule has 1 aliphatic heterocycles. The van der Waals surface area contributed by atoms with Gasteiger partial charge in [0.1, 0.15) is 5.82 Å². The van der Waals surface area contributed by atoms with Crippen molar-refractivity contribution in [3.05, 3.63) is 29.6 Å². The van der Waals surface area contributed by atoms with Crippen molar-refractivity contribution in [2.45, 2.75) is 44.6 Å². The van der Waals surface area contributed by atoms with Gasteiger partial charge in [0.2, 0.25) is 5.91 Å². The van der Waals surface area contributed by atoms with Crippen LogP contribution in [0.25, 0.3) is 0 Å². The van der Waals surface area contributed by atoms with Crippen molar-refractivity contribution in [1.29, 1.82) is 0 Å². The second-order valence-electron chi connectivity index (χ2n) is 6.87. The first kappa shape index (κ1) is 16.9. The molecule has 2 amide bonds. The van der Waals surface area contributed by atoms with Gasteiger partial charge in [0.25, 0.3) is 5.91 Å². The normalized spacial score (nSPS) is 20.0. The summed E-state index contributed by atoms with van der Waals surface area (Å²) in [6.45, 7) is 3.31. The molecule has 0 unspecified atom stereocenters. The van der Waals surface area contributed by atoms with Gasteiger partial charge in [-0.15, -0.1) is 0 Å². The van der Waals surface area contributed by atoms with Crippen molar-refractivity contribution >= 4 is 17.5 Å². The van der Waals surface area contributed by atoms with E-state index < -0.39 is 5.82 Å². The lowest BCUT2D eigenvalue weighted by atomic mass is 9.80. The monoisotopic (exact) mass is 333 g/mol. The Hall–Kier alpha value is -1.95. The molecule has 2 aliphatic rings. The molecule has 6 heteroatoms. The summed E-state index contributed by atoms with van der Waals surface area (Å²) >= 11 is 0. The van der Waals surface area contributed by atoms with Gasteiger partial charge in [-0.2, -0.15) is 0 Å². The van der Waals surface area contributed by atoms with Crippen LogP contribution in [0.3, 0.4) is 0 Å². The number of carbonyl (C=O) groups excluding carboxylic acids is 2. The number of piperazine rings is 1. The van der Waals surface area contributed by atoms with Crippen molar-refractivity contribution in [3.8, 4) is 0 Å². The predicted octanol–water partition coefficient (Wildman–Crippen LogP) is 2.53. The number of halogens is 1. The number of rotatable bonds is 2. The lowest BCUT2D eigenvalue weighted by Crippen LogP contribution is -2.62. The highest BCUT2D eigenvalue weighted by atomic mass is 19.1. The van der Waals surface area contributed by atoms with Crippen LogP contribution in [0.4, 0.5) is 10.1 Å². The van der Waals surface area contributed by atoms with Crippen LogP contribution >= 0.6 is 0 Å². The van der Waals surface area contributed by atoms with E-state index in [1.54, 1.807) is 4.90 Å². The molecule has 1 saturated carbocycles. The molecule has 2 N–H and O–H groups in total. The molecule has 0 aromatic heterocycles. The fourth-order valence-corrected chi connectivity index (χ4v) is 3.83. The highest BCUT2D eigenvalue weighted by molar-refractivity contribution is 5.97. The summed E-state index contributed by atoms with van der Waals surface area (Å²) in [6.07, 6.45) is 5.70. The maximum Gasteiger partial charge on any atom is 0.257 e. The minimum absolute atomic E-state index is 0.0160. The lowest BCUT2D eigenvalue weighted by molar-refractivity contribution is -0.114. The number of hydrogen-bond donors (Lipinski definition) is 2. The van der Waals surface area contributed by atoms with Crippen molar-refractivity contribution in [3.63, 3.8) is 0 Å². The summed E-state index contributed by atoms with van der Waals surface area (Å²) in [4.78, 5) is 25.8. The Morgan fingerprint density at radius 1 is 1.25 bits per heavy atom. The minimum atomic E-state index is -0.551. The number of nitrogens with zero attached hydrogens (tertiary/aromatic N) is 1. The average Bonchev–Trinajstić information content (AvgIpc) is 2.56. The van der Waals surface area contributed by atoms with Gasteiger partial charge in [0.15, 0.2) is 0 Å². The van der Waals surface area contributed by atoms with Crippen LogP contribution in [0.1, 0.15) is 49.4 Å². The van der Waals surface area contributed by atoms with E-state index in [1.807, 2.05) is 0 Å². The highest BCUT2D eigenvalue weighted by Gasteiger charge is 2.38. The van der Waals surface area contributed by atoms with Crippen molar-refractivity contribution in [2.75, 3.05) is 25.0 Å².